The van der Waals surface area contributed by atoms with E-state index < -0.39 is 0 Å². The van der Waals surface area contributed by atoms with Gasteiger partial charge in [-0.25, -0.2) is 9.97 Å². The summed E-state index contributed by atoms with van der Waals surface area (Å²) in [4.78, 5) is 9.17. The molecule has 0 fully saturated rings. The SMILES string of the molecule is Brc1nc2cc3c(cc2nc1Br)-c1cccc2cccc-3c12. The van der Waals surface area contributed by atoms with Crippen molar-refractivity contribution in [3.63, 3.8) is 0 Å². The van der Waals surface area contributed by atoms with Crippen LogP contribution in [0.3, 0.4) is 0 Å². The molecule has 0 radical (unpaired) electrons. The molecule has 0 saturated carbocycles. The van der Waals surface area contributed by atoms with Gasteiger partial charge in [-0.3, -0.25) is 0 Å². The first-order valence-electron chi connectivity index (χ1n) is 6.92. The third kappa shape index (κ3) is 1.59. The Morgan fingerprint density at radius 2 is 1.14 bits per heavy atom. The fourth-order valence-electron chi connectivity index (χ4n) is 3.30. The van der Waals surface area contributed by atoms with Crippen molar-refractivity contribution in [2.45, 2.75) is 0 Å². The molecule has 104 valence electrons. The number of halogens is 2. The van der Waals surface area contributed by atoms with E-state index >= 15 is 0 Å². The van der Waals surface area contributed by atoms with Gasteiger partial charge in [0, 0.05) is 0 Å². The molecule has 2 nitrogen and oxygen atoms in total. The molecule has 0 saturated heterocycles. The van der Waals surface area contributed by atoms with Gasteiger partial charge in [0.1, 0.15) is 9.21 Å². The fraction of sp³-hybridized carbons (Fsp3) is 0. The number of fused-ring (bicyclic) bond motifs is 4. The smallest absolute Gasteiger partial charge is 0.139 e. The molecule has 0 N–H and O–H groups in total. The number of nitrogens with zero attached hydrogens (tertiary/aromatic N) is 2. The van der Waals surface area contributed by atoms with Crippen LogP contribution in [0.15, 0.2) is 57.7 Å². The van der Waals surface area contributed by atoms with Gasteiger partial charge >= 0.3 is 0 Å². The second-order valence-corrected chi connectivity index (χ2v) is 6.90. The molecule has 1 aliphatic rings. The van der Waals surface area contributed by atoms with Crippen molar-refractivity contribution < 1.29 is 0 Å². The van der Waals surface area contributed by atoms with E-state index in [1.54, 1.807) is 0 Å². The number of aromatic nitrogens is 2. The Morgan fingerprint density at radius 3 is 1.64 bits per heavy atom. The molecule has 1 aliphatic carbocycles. The van der Waals surface area contributed by atoms with Gasteiger partial charge in [0.05, 0.1) is 11.0 Å². The van der Waals surface area contributed by atoms with Gasteiger partial charge in [-0.2, -0.15) is 0 Å². The molecule has 0 aliphatic heterocycles. The maximum absolute atomic E-state index is 4.59. The van der Waals surface area contributed by atoms with Gasteiger partial charge in [-0.1, -0.05) is 36.4 Å². The minimum atomic E-state index is 0.730. The number of benzene rings is 3. The van der Waals surface area contributed by atoms with Crippen molar-refractivity contribution in [1.82, 2.24) is 9.97 Å². The van der Waals surface area contributed by atoms with Gasteiger partial charge in [-0.15, -0.1) is 0 Å². The first-order valence-corrected chi connectivity index (χ1v) is 8.50. The van der Waals surface area contributed by atoms with E-state index in [0.717, 1.165) is 20.2 Å². The summed E-state index contributed by atoms with van der Waals surface area (Å²) in [5.41, 5.74) is 6.85. The molecule has 0 unspecified atom stereocenters. The molecule has 0 atom stereocenters. The first kappa shape index (κ1) is 12.7. The number of hydrogen-bond donors (Lipinski definition) is 0. The lowest BCUT2D eigenvalue weighted by molar-refractivity contribution is 1.21. The van der Waals surface area contributed by atoms with Crippen molar-refractivity contribution in [1.29, 1.82) is 0 Å². The summed E-state index contributed by atoms with van der Waals surface area (Å²) in [6, 6.07) is 17.2. The minimum absolute atomic E-state index is 0.730. The van der Waals surface area contributed by atoms with Gasteiger partial charge in [0.2, 0.25) is 0 Å². The zero-order valence-electron chi connectivity index (χ0n) is 11.3. The highest BCUT2D eigenvalue weighted by molar-refractivity contribution is 9.13. The van der Waals surface area contributed by atoms with Crippen LogP contribution in [-0.2, 0) is 0 Å². The van der Waals surface area contributed by atoms with Crippen LogP contribution < -0.4 is 0 Å². The summed E-state index contributed by atoms with van der Waals surface area (Å²) in [7, 11) is 0. The van der Waals surface area contributed by atoms with Gasteiger partial charge in [0.25, 0.3) is 0 Å². The lowest BCUT2D eigenvalue weighted by Crippen LogP contribution is -1.89. The maximum atomic E-state index is 4.59. The van der Waals surface area contributed by atoms with Gasteiger partial charge in [-0.05, 0) is 77.0 Å². The summed E-state index contributed by atoms with van der Waals surface area (Å²) in [6.45, 7) is 0. The van der Waals surface area contributed by atoms with Crippen molar-refractivity contribution >= 4 is 53.7 Å². The average molecular weight is 412 g/mol. The number of hydrogen-bond acceptors (Lipinski definition) is 2. The zero-order chi connectivity index (χ0) is 14.8. The Bertz CT molecular complexity index is 1020. The predicted octanol–water partition coefficient (Wildman–Crippen LogP) is 5.96. The highest BCUT2D eigenvalue weighted by Crippen LogP contribution is 2.48. The Morgan fingerprint density at radius 1 is 0.636 bits per heavy atom. The first-order chi connectivity index (χ1) is 10.7. The molecule has 3 aromatic carbocycles. The van der Waals surface area contributed by atoms with Gasteiger partial charge in [0.15, 0.2) is 0 Å². The van der Waals surface area contributed by atoms with Crippen molar-refractivity contribution in [2.75, 3.05) is 0 Å². The van der Waals surface area contributed by atoms with E-state index in [1.165, 1.54) is 33.0 Å². The van der Waals surface area contributed by atoms with Crippen LogP contribution >= 0.6 is 31.9 Å². The van der Waals surface area contributed by atoms with Crippen LogP contribution in [-0.4, -0.2) is 9.97 Å². The van der Waals surface area contributed by atoms with Gasteiger partial charge < -0.3 is 0 Å². The Hall–Kier alpha value is -1.78. The van der Waals surface area contributed by atoms with E-state index in [4.69, 9.17) is 0 Å². The molecule has 5 rings (SSSR count). The lowest BCUT2D eigenvalue weighted by Gasteiger charge is -2.05. The largest absolute Gasteiger partial charge is 0.236 e. The molecule has 22 heavy (non-hydrogen) atoms. The molecule has 0 bridgehead atoms. The normalized spacial score (nSPS) is 12.1. The van der Waals surface area contributed by atoms with Crippen LogP contribution in [0.4, 0.5) is 0 Å². The average Bonchev–Trinajstić information content (AvgIpc) is 2.83. The second-order valence-electron chi connectivity index (χ2n) is 5.40. The van der Waals surface area contributed by atoms with E-state index in [-0.39, 0.29) is 0 Å². The van der Waals surface area contributed by atoms with Crippen molar-refractivity contribution in [2.24, 2.45) is 0 Å². The Balaban J connectivity index is 1.96. The summed E-state index contributed by atoms with van der Waals surface area (Å²) >= 11 is 6.87. The molecule has 4 heteroatoms. The van der Waals surface area contributed by atoms with E-state index in [9.17, 15) is 0 Å². The molecular formula is C18H8Br2N2. The monoisotopic (exact) mass is 410 g/mol. The molecule has 4 aromatic rings. The van der Waals surface area contributed by atoms with Crippen LogP contribution in [0.2, 0.25) is 0 Å². The molecule has 1 aromatic heterocycles. The highest BCUT2D eigenvalue weighted by atomic mass is 79.9. The van der Waals surface area contributed by atoms with Crippen LogP contribution in [0.5, 0.6) is 0 Å². The second kappa shape index (κ2) is 4.37. The van der Waals surface area contributed by atoms with Crippen LogP contribution in [0.25, 0.3) is 44.1 Å². The predicted molar refractivity (Wildman–Crippen MR) is 96.9 cm³/mol. The molecular weight excluding hydrogens is 404 g/mol. The molecule has 0 spiro atoms. The lowest BCUT2D eigenvalue weighted by atomic mass is 10.0. The Kier molecular flexibility index (Phi) is 2.53. The third-order valence-corrected chi connectivity index (χ3v) is 5.85. The van der Waals surface area contributed by atoms with E-state index in [1.807, 2.05) is 0 Å². The Labute approximate surface area is 143 Å². The highest BCUT2D eigenvalue weighted by Gasteiger charge is 2.22. The summed E-state index contributed by atoms with van der Waals surface area (Å²) in [5.74, 6) is 0. The quantitative estimate of drug-likeness (QED) is 0.314. The topological polar surface area (TPSA) is 25.8 Å². The number of rotatable bonds is 0. The van der Waals surface area contributed by atoms with Crippen molar-refractivity contribution in [3.05, 3.63) is 57.7 Å². The summed E-state index contributed by atoms with van der Waals surface area (Å²) in [6.07, 6.45) is 0. The summed E-state index contributed by atoms with van der Waals surface area (Å²) < 4.78 is 1.46. The zero-order valence-corrected chi connectivity index (χ0v) is 14.4. The van der Waals surface area contributed by atoms with E-state index in [0.29, 0.717) is 0 Å². The summed E-state index contributed by atoms with van der Waals surface area (Å²) in [5, 5.41) is 2.60. The van der Waals surface area contributed by atoms with Crippen LogP contribution in [0, 0.1) is 0 Å². The third-order valence-electron chi connectivity index (χ3n) is 4.21. The minimum Gasteiger partial charge on any atom is -0.236 e. The van der Waals surface area contributed by atoms with E-state index in [2.05, 4.69) is 90.4 Å². The fourth-order valence-corrected chi connectivity index (χ4v) is 3.85. The maximum Gasteiger partial charge on any atom is 0.139 e. The standard InChI is InChI=1S/C18H8Br2N2/c19-17-18(20)22-15-8-13-11-6-2-4-9-3-1-5-10(16(9)11)12(13)7-14(15)21-17/h1-8H. The molecule has 0 amide bonds. The van der Waals surface area contributed by atoms with Crippen LogP contribution in [0.1, 0.15) is 0 Å². The molecule has 1 heterocycles. The van der Waals surface area contributed by atoms with Crippen molar-refractivity contribution in [3.8, 4) is 22.3 Å².